The maximum absolute atomic E-state index is 12.6. The summed E-state index contributed by atoms with van der Waals surface area (Å²) in [7, 11) is 0.961. The Balaban J connectivity index is 2.45. The molecule has 2 aromatic rings. The number of aryl methyl sites for hydroxylation is 2. The number of hydrogen-bond donors (Lipinski definition) is 1. The lowest BCUT2D eigenvalue weighted by molar-refractivity contribution is 0.395. The Labute approximate surface area is 129 Å². The number of benzene rings is 1. The van der Waals surface area contributed by atoms with Gasteiger partial charge in [-0.25, -0.2) is 8.42 Å². The van der Waals surface area contributed by atoms with Crippen molar-refractivity contribution in [2.45, 2.75) is 18.7 Å². The van der Waals surface area contributed by atoms with Gasteiger partial charge in [-0.3, -0.25) is 9.40 Å². The van der Waals surface area contributed by atoms with Gasteiger partial charge in [-0.05, 0) is 13.8 Å². The summed E-state index contributed by atoms with van der Waals surface area (Å²) < 4.78 is 39.6. The summed E-state index contributed by atoms with van der Waals surface area (Å²) >= 11 is 0. The van der Waals surface area contributed by atoms with Gasteiger partial charge in [0.15, 0.2) is 0 Å². The zero-order valence-electron chi connectivity index (χ0n) is 13.2. The van der Waals surface area contributed by atoms with E-state index in [1.54, 1.807) is 39.1 Å². The third kappa shape index (κ3) is 3.01. The van der Waals surface area contributed by atoms with Crippen molar-refractivity contribution in [2.75, 3.05) is 18.9 Å². The normalized spacial score (nSPS) is 11.3. The molecular weight excluding hydrogens is 306 g/mol. The molecule has 0 saturated carbocycles. The van der Waals surface area contributed by atoms with Crippen LogP contribution in [0.4, 0.5) is 5.69 Å². The van der Waals surface area contributed by atoms with E-state index < -0.39 is 10.0 Å². The lowest BCUT2D eigenvalue weighted by Gasteiger charge is -2.11. The van der Waals surface area contributed by atoms with E-state index >= 15 is 0 Å². The number of hydrogen-bond acceptors (Lipinski definition) is 5. The molecule has 8 heteroatoms. The summed E-state index contributed by atoms with van der Waals surface area (Å²) in [6.07, 6.45) is 0. The molecular formula is C14H19N3O4S. The van der Waals surface area contributed by atoms with Gasteiger partial charge in [0, 0.05) is 25.2 Å². The number of sulfonamides is 1. The van der Waals surface area contributed by atoms with Crippen molar-refractivity contribution in [1.82, 2.24) is 9.78 Å². The van der Waals surface area contributed by atoms with Crippen LogP contribution >= 0.6 is 0 Å². The highest BCUT2D eigenvalue weighted by Gasteiger charge is 2.24. The maximum atomic E-state index is 12.6. The van der Waals surface area contributed by atoms with Gasteiger partial charge in [0.05, 0.1) is 31.3 Å². The van der Waals surface area contributed by atoms with E-state index in [-0.39, 0.29) is 4.90 Å². The monoisotopic (exact) mass is 325 g/mol. The van der Waals surface area contributed by atoms with Crippen LogP contribution in [0, 0.1) is 13.8 Å². The lowest BCUT2D eigenvalue weighted by Crippen LogP contribution is -2.15. The van der Waals surface area contributed by atoms with E-state index in [2.05, 4.69) is 9.82 Å². The highest BCUT2D eigenvalue weighted by Crippen LogP contribution is 2.28. The van der Waals surface area contributed by atoms with Crippen molar-refractivity contribution in [3.8, 4) is 11.5 Å². The second-order valence-electron chi connectivity index (χ2n) is 4.83. The molecule has 0 saturated heterocycles. The number of anilines is 1. The minimum Gasteiger partial charge on any atom is -0.497 e. The molecule has 7 nitrogen and oxygen atoms in total. The number of rotatable bonds is 5. The zero-order valence-corrected chi connectivity index (χ0v) is 14.0. The molecule has 0 aliphatic rings. The third-order valence-corrected chi connectivity index (χ3v) is 4.95. The summed E-state index contributed by atoms with van der Waals surface area (Å²) in [5, 5.41) is 4.13. The summed E-state index contributed by atoms with van der Waals surface area (Å²) in [5.41, 5.74) is 1.38. The van der Waals surface area contributed by atoms with Gasteiger partial charge < -0.3 is 9.47 Å². The first-order valence-electron chi connectivity index (χ1n) is 6.54. The quantitative estimate of drug-likeness (QED) is 0.907. The molecule has 0 fully saturated rings. The van der Waals surface area contributed by atoms with E-state index in [4.69, 9.17) is 9.47 Å². The largest absolute Gasteiger partial charge is 0.497 e. The molecule has 1 aromatic carbocycles. The topological polar surface area (TPSA) is 82.5 Å². The minimum atomic E-state index is -3.75. The predicted octanol–water partition coefficient (Wildman–Crippen LogP) is 1.85. The van der Waals surface area contributed by atoms with E-state index in [1.807, 2.05) is 0 Å². The molecule has 0 aliphatic heterocycles. The molecule has 1 aromatic heterocycles. The third-order valence-electron chi connectivity index (χ3n) is 3.32. The van der Waals surface area contributed by atoms with E-state index in [0.29, 0.717) is 28.6 Å². The number of nitrogens with one attached hydrogen (secondary N) is 1. The fourth-order valence-corrected chi connectivity index (χ4v) is 3.70. The van der Waals surface area contributed by atoms with Gasteiger partial charge in [-0.15, -0.1) is 0 Å². The molecule has 0 aliphatic carbocycles. The van der Waals surface area contributed by atoms with Crippen molar-refractivity contribution in [3.63, 3.8) is 0 Å². The highest BCUT2D eigenvalue weighted by atomic mass is 32.2. The molecule has 0 bridgehead atoms. The van der Waals surface area contributed by atoms with Crippen molar-refractivity contribution in [2.24, 2.45) is 7.05 Å². The van der Waals surface area contributed by atoms with Crippen LogP contribution in [0.3, 0.4) is 0 Å². The van der Waals surface area contributed by atoms with Crippen molar-refractivity contribution in [3.05, 3.63) is 29.6 Å². The standard InChI is InChI=1S/C14H19N3O4S/c1-9-14(10(2)17(3)15-9)22(18,19)16-11-6-12(20-4)8-13(7-11)21-5/h6-8,16H,1-5H3. The maximum Gasteiger partial charge on any atom is 0.265 e. The molecule has 1 N–H and O–H groups in total. The molecule has 0 radical (unpaired) electrons. The summed E-state index contributed by atoms with van der Waals surface area (Å²) in [4.78, 5) is 0.178. The second kappa shape index (κ2) is 5.88. The fraction of sp³-hybridized carbons (Fsp3) is 0.357. The van der Waals surface area contributed by atoms with Gasteiger partial charge in [-0.2, -0.15) is 5.10 Å². The first kappa shape index (κ1) is 16.2. The average molecular weight is 325 g/mol. The van der Waals surface area contributed by atoms with Gasteiger partial charge in [0.1, 0.15) is 16.4 Å². The Hall–Kier alpha value is -2.22. The zero-order chi connectivity index (χ0) is 16.5. The second-order valence-corrected chi connectivity index (χ2v) is 6.45. The first-order valence-corrected chi connectivity index (χ1v) is 8.03. The Morgan fingerprint density at radius 1 is 1.09 bits per heavy atom. The number of aromatic nitrogens is 2. The fourth-order valence-electron chi connectivity index (χ4n) is 2.22. The van der Waals surface area contributed by atoms with Gasteiger partial charge in [0.2, 0.25) is 0 Å². The molecule has 22 heavy (non-hydrogen) atoms. The molecule has 0 atom stereocenters. The Kier molecular flexibility index (Phi) is 4.32. The minimum absolute atomic E-state index is 0.178. The molecule has 1 heterocycles. The molecule has 120 valence electrons. The van der Waals surface area contributed by atoms with Crippen LogP contribution < -0.4 is 14.2 Å². The number of ether oxygens (including phenoxy) is 2. The van der Waals surface area contributed by atoms with Crippen LogP contribution in [-0.2, 0) is 17.1 Å². The van der Waals surface area contributed by atoms with Crippen LogP contribution in [-0.4, -0.2) is 32.4 Å². The van der Waals surface area contributed by atoms with Crippen LogP contribution in [0.5, 0.6) is 11.5 Å². The van der Waals surface area contributed by atoms with E-state index in [9.17, 15) is 8.42 Å². The molecule has 2 rings (SSSR count). The SMILES string of the molecule is COc1cc(NS(=O)(=O)c2c(C)nn(C)c2C)cc(OC)c1. The number of nitrogens with zero attached hydrogens (tertiary/aromatic N) is 2. The Morgan fingerprint density at radius 2 is 1.64 bits per heavy atom. The average Bonchev–Trinajstić information content (AvgIpc) is 2.71. The van der Waals surface area contributed by atoms with Crippen molar-refractivity contribution < 1.29 is 17.9 Å². The molecule has 0 amide bonds. The highest BCUT2D eigenvalue weighted by molar-refractivity contribution is 7.92. The Bertz CT molecular complexity index is 774. The van der Waals surface area contributed by atoms with Crippen LogP contribution in [0.15, 0.2) is 23.1 Å². The smallest absolute Gasteiger partial charge is 0.265 e. The van der Waals surface area contributed by atoms with Gasteiger partial charge in [-0.1, -0.05) is 0 Å². The van der Waals surface area contributed by atoms with Crippen LogP contribution in [0.1, 0.15) is 11.4 Å². The van der Waals surface area contributed by atoms with Crippen LogP contribution in [0.25, 0.3) is 0 Å². The van der Waals surface area contributed by atoms with Crippen LogP contribution in [0.2, 0.25) is 0 Å². The molecule has 0 spiro atoms. The predicted molar refractivity (Wildman–Crippen MR) is 83.0 cm³/mol. The van der Waals surface area contributed by atoms with Crippen molar-refractivity contribution in [1.29, 1.82) is 0 Å². The van der Waals surface area contributed by atoms with E-state index in [1.165, 1.54) is 18.9 Å². The Morgan fingerprint density at radius 3 is 2.05 bits per heavy atom. The number of methoxy groups -OCH3 is 2. The first-order chi connectivity index (χ1) is 10.3. The molecule has 0 unspecified atom stereocenters. The summed E-state index contributed by atoms with van der Waals surface area (Å²) in [5.74, 6) is 0.994. The van der Waals surface area contributed by atoms with Crippen molar-refractivity contribution >= 4 is 15.7 Å². The lowest BCUT2D eigenvalue weighted by atomic mass is 10.3. The van der Waals surface area contributed by atoms with E-state index in [0.717, 1.165) is 0 Å². The summed E-state index contributed by atoms with van der Waals surface area (Å²) in [6, 6.07) is 4.83. The summed E-state index contributed by atoms with van der Waals surface area (Å²) in [6.45, 7) is 3.37. The van der Waals surface area contributed by atoms with Gasteiger partial charge >= 0.3 is 0 Å². The van der Waals surface area contributed by atoms with Gasteiger partial charge in [0.25, 0.3) is 10.0 Å².